The third-order valence-corrected chi connectivity index (χ3v) is 6.55. The number of carbonyl (C=O) groups is 3. The number of hydrogen-bond acceptors (Lipinski definition) is 7. The van der Waals surface area contributed by atoms with E-state index in [1.807, 2.05) is 48.5 Å². The molecule has 0 spiro atoms. The van der Waals surface area contributed by atoms with Gasteiger partial charge < -0.3 is 35.9 Å². The van der Waals surface area contributed by atoms with Gasteiger partial charge in [0, 0.05) is 18.2 Å². The molecule has 0 saturated carbocycles. The quantitative estimate of drug-likeness (QED) is 0.253. The van der Waals surface area contributed by atoms with E-state index < -0.39 is 18.2 Å². The van der Waals surface area contributed by atoms with E-state index in [0.717, 1.165) is 33.8 Å². The summed E-state index contributed by atoms with van der Waals surface area (Å²) in [5, 5.41) is 8.26. The van der Waals surface area contributed by atoms with Crippen LogP contribution in [-0.2, 0) is 20.7 Å². The largest absolute Gasteiger partial charge is 0.496 e. The molecule has 1 aromatic carbocycles. The van der Waals surface area contributed by atoms with Crippen molar-refractivity contribution < 1.29 is 28.6 Å². The van der Waals surface area contributed by atoms with Crippen molar-refractivity contribution in [3.63, 3.8) is 0 Å². The van der Waals surface area contributed by atoms with E-state index in [2.05, 4.69) is 16.0 Å². The lowest BCUT2D eigenvalue weighted by Gasteiger charge is -2.23. The zero-order valence-corrected chi connectivity index (χ0v) is 24.6. The molecule has 216 valence electrons. The molecule has 3 amide bonds. The standard InChI is InChI=1S/C28H48N4O6/c1-16(2)23(29)27(34)32-22(26(33)31-17(3)4)13-10-14-30-28(35)38-15-11-12-21-20(7)24(36-8)18(5)19(6)25(21)37-9/h16-17,22-23H,10-15,29H2,1-9H3,(H,30,35)(H,31,33)(H,32,34)/t22-,23-/m0/s1. The fourth-order valence-electron chi connectivity index (χ4n) is 4.23. The topological polar surface area (TPSA) is 141 Å². The Morgan fingerprint density at radius 3 is 2.00 bits per heavy atom. The van der Waals surface area contributed by atoms with E-state index in [-0.39, 0.29) is 30.4 Å². The Bertz CT molecular complexity index is 948. The first-order valence-electron chi connectivity index (χ1n) is 13.3. The predicted octanol–water partition coefficient (Wildman–Crippen LogP) is 3.06. The molecule has 0 aliphatic heterocycles. The summed E-state index contributed by atoms with van der Waals surface area (Å²) in [7, 11) is 3.31. The van der Waals surface area contributed by atoms with Crippen molar-refractivity contribution >= 4 is 17.9 Å². The number of carbonyl (C=O) groups excluding carboxylic acids is 3. The molecule has 0 bridgehead atoms. The molecule has 1 rings (SSSR count). The molecule has 10 nitrogen and oxygen atoms in total. The highest BCUT2D eigenvalue weighted by atomic mass is 16.5. The first-order valence-corrected chi connectivity index (χ1v) is 13.3. The minimum absolute atomic E-state index is 0.0534. The molecular weight excluding hydrogens is 488 g/mol. The molecule has 38 heavy (non-hydrogen) atoms. The van der Waals surface area contributed by atoms with E-state index in [4.69, 9.17) is 19.9 Å². The van der Waals surface area contributed by atoms with Crippen LogP contribution in [-0.4, -0.2) is 63.4 Å². The van der Waals surface area contributed by atoms with Gasteiger partial charge in [0.05, 0.1) is 26.9 Å². The predicted molar refractivity (Wildman–Crippen MR) is 149 cm³/mol. The number of hydrogen-bond donors (Lipinski definition) is 4. The second-order valence-electron chi connectivity index (χ2n) is 10.2. The number of nitrogens with two attached hydrogens (primary N) is 1. The Morgan fingerprint density at radius 1 is 0.842 bits per heavy atom. The van der Waals surface area contributed by atoms with Crippen LogP contribution in [0.2, 0.25) is 0 Å². The van der Waals surface area contributed by atoms with Gasteiger partial charge in [0.15, 0.2) is 0 Å². The molecule has 0 aromatic heterocycles. The van der Waals surface area contributed by atoms with E-state index >= 15 is 0 Å². The number of nitrogens with one attached hydrogen (secondary N) is 3. The van der Waals surface area contributed by atoms with Crippen molar-refractivity contribution in [2.75, 3.05) is 27.4 Å². The second kappa shape index (κ2) is 16.1. The molecule has 2 atom stereocenters. The van der Waals surface area contributed by atoms with Gasteiger partial charge in [-0.15, -0.1) is 0 Å². The first kappa shape index (κ1) is 33.0. The normalized spacial score (nSPS) is 12.6. The molecule has 0 radical (unpaired) electrons. The smallest absolute Gasteiger partial charge is 0.407 e. The van der Waals surface area contributed by atoms with Crippen molar-refractivity contribution in [3.8, 4) is 11.5 Å². The van der Waals surface area contributed by atoms with Gasteiger partial charge in [-0.3, -0.25) is 9.59 Å². The summed E-state index contributed by atoms with van der Waals surface area (Å²) in [5.74, 6) is 0.981. The lowest BCUT2D eigenvalue weighted by Crippen LogP contribution is -2.53. The Kier molecular flexibility index (Phi) is 14.0. The maximum atomic E-state index is 12.6. The van der Waals surface area contributed by atoms with Crippen molar-refractivity contribution in [3.05, 3.63) is 22.3 Å². The van der Waals surface area contributed by atoms with Crippen LogP contribution in [0.4, 0.5) is 4.79 Å². The fraction of sp³-hybridized carbons (Fsp3) is 0.679. The van der Waals surface area contributed by atoms with Crippen LogP contribution in [0.3, 0.4) is 0 Å². The summed E-state index contributed by atoms with van der Waals surface area (Å²) < 4.78 is 16.6. The van der Waals surface area contributed by atoms with Crippen molar-refractivity contribution in [2.45, 2.75) is 92.3 Å². The van der Waals surface area contributed by atoms with Gasteiger partial charge in [0.25, 0.3) is 0 Å². The third-order valence-electron chi connectivity index (χ3n) is 6.55. The van der Waals surface area contributed by atoms with Crippen LogP contribution in [0, 0.1) is 26.7 Å². The second-order valence-corrected chi connectivity index (χ2v) is 10.2. The van der Waals surface area contributed by atoms with E-state index in [1.54, 1.807) is 14.2 Å². The molecule has 0 heterocycles. The van der Waals surface area contributed by atoms with Crippen LogP contribution < -0.4 is 31.2 Å². The average Bonchev–Trinajstić information content (AvgIpc) is 2.85. The van der Waals surface area contributed by atoms with Gasteiger partial charge in [0.2, 0.25) is 11.8 Å². The summed E-state index contributed by atoms with van der Waals surface area (Å²) in [4.78, 5) is 37.1. The third kappa shape index (κ3) is 9.70. The number of alkyl carbamates (subject to hydrolysis) is 1. The average molecular weight is 537 g/mol. The summed E-state index contributed by atoms with van der Waals surface area (Å²) in [6, 6.07) is -1.51. The highest BCUT2D eigenvalue weighted by molar-refractivity contribution is 5.89. The van der Waals surface area contributed by atoms with Crippen LogP contribution in [0.25, 0.3) is 0 Å². The summed E-state index contributed by atoms with van der Waals surface area (Å²) in [6.07, 6.45) is 1.59. The van der Waals surface area contributed by atoms with E-state index in [9.17, 15) is 14.4 Å². The Balaban J connectivity index is 2.56. The number of ether oxygens (including phenoxy) is 3. The van der Waals surface area contributed by atoms with Crippen molar-refractivity contribution in [1.29, 1.82) is 0 Å². The van der Waals surface area contributed by atoms with Crippen LogP contribution in [0.1, 0.15) is 69.2 Å². The highest BCUT2D eigenvalue weighted by Gasteiger charge is 2.25. The van der Waals surface area contributed by atoms with Crippen LogP contribution >= 0.6 is 0 Å². The van der Waals surface area contributed by atoms with Gasteiger partial charge in [0.1, 0.15) is 17.5 Å². The van der Waals surface area contributed by atoms with Gasteiger partial charge in [-0.05, 0) is 82.9 Å². The Hall–Kier alpha value is -3.01. The number of benzene rings is 1. The molecule has 1 aromatic rings. The molecule has 0 fully saturated rings. The SMILES string of the molecule is COc1c(C)c(C)c(OC)c(CCCOC(=O)NCCC[C@H](NC(=O)[C@@H](N)C(C)C)C(=O)NC(C)C)c1C. The van der Waals surface area contributed by atoms with Gasteiger partial charge >= 0.3 is 6.09 Å². The summed E-state index contributed by atoms with van der Waals surface area (Å²) >= 11 is 0. The lowest BCUT2D eigenvalue weighted by atomic mass is 9.94. The van der Waals surface area contributed by atoms with Gasteiger partial charge in [-0.1, -0.05) is 13.8 Å². The fourth-order valence-corrected chi connectivity index (χ4v) is 4.23. The highest BCUT2D eigenvalue weighted by Crippen LogP contribution is 2.38. The van der Waals surface area contributed by atoms with Crippen molar-refractivity contribution in [1.82, 2.24) is 16.0 Å². The number of amides is 3. The zero-order chi connectivity index (χ0) is 29.0. The van der Waals surface area contributed by atoms with Gasteiger partial charge in [-0.2, -0.15) is 0 Å². The lowest BCUT2D eigenvalue weighted by molar-refractivity contribution is -0.130. The van der Waals surface area contributed by atoms with Crippen LogP contribution in [0.5, 0.6) is 11.5 Å². The van der Waals surface area contributed by atoms with Gasteiger partial charge in [-0.25, -0.2) is 4.79 Å². The van der Waals surface area contributed by atoms with E-state index in [1.165, 1.54) is 0 Å². The van der Waals surface area contributed by atoms with E-state index in [0.29, 0.717) is 32.2 Å². The molecule has 0 unspecified atom stereocenters. The minimum atomic E-state index is -0.735. The Morgan fingerprint density at radius 2 is 1.45 bits per heavy atom. The monoisotopic (exact) mass is 536 g/mol. The van der Waals surface area contributed by atoms with Crippen LogP contribution in [0.15, 0.2) is 0 Å². The molecule has 10 heteroatoms. The van der Waals surface area contributed by atoms with Crippen molar-refractivity contribution in [2.24, 2.45) is 11.7 Å². The molecule has 5 N–H and O–H groups in total. The number of methoxy groups -OCH3 is 2. The Labute approximate surface area is 227 Å². The first-order chi connectivity index (χ1) is 17.8. The number of rotatable bonds is 15. The zero-order valence-electron chi connectivity index (χ0n) is 24.6. The molecule has 0 saturated heterocycles. The summed E-state index contributed by atoms with van der Waals surface area (Å²) in [6.45, 7) is 14.0. The maximum absolute atomic E-state index is 12.6. The minimum Gasteiger partial charge on any atom is -0.496 e. The molecular formula is C28H48N4O6. The summed E-state index contributed by atoms with van der Waals surface area (Å²) in [5.41, 5.74) is 10.1. The molecule has 0 aliphatic rings. The maximum Gasteiger partial charge on any atom is 0.407 e. The molecule has 0 aliphatic carbocycles.